The molecule has 0 bridgehead atoms. The van der Waals surface area contributed by atoms with Crippen molar-refractivity contribution in [2.45, 2.75) is 75.0 Å². The largest absolute Gasteiger partial charge is 0.228 e. The van der Waals surface area contributed by atoms with Gasteiger partial charge in [0.1, 0.15) is 0 Å². The Morgan fingerprint density at radius 1 is 0.188 bits per heavy atom. The molecule has 0 saturated heterocycles. The van der Waals surface area contributed by atoms with Crippen molar-refractivity contribution < 1.29 is 0 Å². The van der Waals surface area contributed by atoms with Crippen LogP contribution < -0.4 is 0 Å². The van der Waals surface area contributed by atoms with E-state index >= 15 is 0 Å². The number of hydrogen-bond donors (Lipinski definition) is 0. The monoisotopic (exact) mass is 1230 g/mol. The average molecular weight is 1230 g/mol. The van der Waals surface area contributed by atoms with E-state index in [4.69, 9.17) is 19.9 Å². The number of hydrogen-bond acceptors (Lipinski definition) is 4. The van der Waals surface area contributed by atoms with E-state index in [0.717, 1.165) is 78.9 Å². The molecule has 0 radical (unpaired) electrons. The molecule has 2 aromatic heterocycles. The number of fused-ring (bicyclic) bond motifs is 10. The molecule has 14 aromatic rings. The maximum atomic E-state index is 5.09. The van der Waals surface area contributed by atoms with Gasteiger partial charge in [-0.3, -0.25) is 0 Å². The van der Waals surface area contributed by atoms with Crippen LogP contribution in [0.4, 0.5) is 0 Å². The molecule has 0 amide bonds. The highest BCUT2D eigenvalue weighted by atomic mass is 14.9. The minimum absolute atomic E-state index is 0.152. The Kier molecular flexibility index (Phi) is 15.4. The summed E-state index contributed by atoms with van der Waals surface area (Å²) in [6.45, 7) is 0. The zero-order chi connectivity index (χ0) is 63.8. The van der Waals surface area contributed by atoms with Crippen molar-refractivity contribution in [2.24, 2.45) is 0 Å². The van der Waals surface area contributed by atoms with Gasteiger partial charge in [0.05, 0.1) is 22.8 Å². The molecule has 12 aromatic carbocycles. The molecule has 2 spiro atoms. The molecule has 2 fully saturated rings. The highest BCUT2D eigenvalue weighted by Gasteiger charge is 2.46. The Morgan fingerprint density at radius 2 is 0.469 bits per heavy atom. The van der Waals surface area contributed by atoms with Gasteiger partial charge in [-0.2, -0.15) is 0 Å². The lowest BCUT2D eigenvalue weighted by Gasteiger charge is -2.36. The Bertz CT molecular complexity index is 5050. The predicted molar refractivity (Wildman–Crippen MR) is 397 cm³/mol. The van der Waals surface area contributed by atoms with Crippen molar-refractivity contribution in [3.05, 3.63) is 338 Å². The summed E-state index contributed by atoms with van der Waals surface area (Å²) in [5.41, 5.74) is 32.0. The molecule has 0 atom stereocenters. The van der Waals surface area contributed by atoms with Crippen molar-refractivity contribution in [2.75, 3.05) is 0 Å². The van der Waals surface area contributed by atoms with E-state index in [0.29, 0.717) is 0 Å². The first-order chi connectivity index (χ1) is 47.5. The molecule has 4 aliphatic carbocycles. The van der Waals surface area contributed by atoms with Crippen LogP contribution in [0.25, 0.3) is 135 Å². The van der Waals surface area contributed by atoms with Gasteiger partial charge in [-0.05, 0) is 145 Å². The molecule has 4 nitrogen and oxygen atoms in total. The van der Waals surface area contributed by atoms with E-state index in [2.05, 4.69) is 291 Å². The summed E-state index contributed by atoms with van der Waals surface area (Å²) >= 11 is 0. The van der Waals surface area contributed by atoms with Gasteiger partial charge >= 0.3 is 0 Å². The van der Waals surface area contributed by atoms with E-state index < -0.39 is 0 Å². The van der Waals surface area contributed by atoms with Gasteiger partial charge in [-0.15, -0.1) is 0 Å². The summed E-state index contributed by atoms with van der Waals surface area (Å²) in [6, 6.07) is 114. The predicted octanol–water partition coefficient (Wildman–Crippen LogP) is 24.1. The van der Waals surface area contributed by atoms with Crippen LogP contribution in [0.1, 0.15) is 86.5 Å². The summed E-state index contributed by atoms with van der Waals surface area (Å²) in [4.78, 5) is 20.3. The van der Waals surface area contributed by atoms with Gasteiger partial charge in [0.2, 0.25) is 0 Å². The molecule has 0 N–H and O–H groups in total. The van der Waals surface area contributed by atoms with E-state index in [1.165, 1.54) is 142 Å². The van der Waals surface area contributed by atoms with Crippen LogP contribution in [-0.4, -0.2) is 19.9 Å². The topological polar surface area (TPSA) is 51.6 Å². The fourth-order valence-electron chi connectivity index (χ4n) is 16.4. The van der Waals surface area contributed by atoms with Gasteiger partial charge in [0, 0.05) is 44.2 Å². The van der Waals surface area contributed by atoms with Crippen LogP contribution in [0, 0.1) is 0 Å². The second-order valence-corrected chi connectivity index (χ2v) is 26.5. The highest BCUT2D eigenvalue weighted by molar-refractivity contribution is 5.95. The second-order valence-electron chi connectivity index (χ2n) is 26.5. The smallest absolute Gasteiger partial charge is 0.160 e. The van der Waals surface area contributed by atoms with Gasteiger partial charge in [0.25, 0.3) is 0 Å². The van der Waals surface area contributed by atoms with Crippen LogP contribution in [0.2, 0.25) is 0 Å². The zero-order valence-corrected chi connectivity index (χ0v) is 53.9. The fourth-order valence-corrected chi connectivity index (χ4v) is 16.4. The minimum Gasteiger partial charge on any atom is -0.228 e. The van der Waals surface area contributed by atoms with Gasteiger partial charge in [-0.25, -0.2) is 19.9 Å². The maximum absolute atomic E-state index is 5.09. The lowest BCUT2D eigenvalue weighted by Crippen LogP contribution is -2.27. The van der Waals surface area contributed by atoms with Crippen molar-refractivity contribution >= 4 is 0 Å². The summed E-state index contributed by atoms with van der Waals surface area (Å²) in [5.74, 6) is 1.45. The Labute approximate surface area is 563 Å². The molecule has 460 valence electrons. The maximum Gasteiger partial charge on any atom is 0.160 e. The van der Waals surface area contributed by atoms with Crippen molar-refractivity contribution in [1.82, 2.24) is 19.9 Å². The van der Waals surface area contributed by atoms with E-state index in [9.17, 15) is 0 Å². The van der Waals surface area contributed by atoms with Crippen LogP contribution in [-0.2, 0) is 10.8 Å². The SMILES string of the molecule is c1ccc(-c2cc(-c3ccccc3)nc(-c3cccc(-c4ccc(-c5cccc6c5-c5ccccc5C65CCCCC5)cc4)c3)n2)cc1.c1ccc(-c2cc(-c3ccccc3)nc(-c3cccc(-c4cccc(-c5cccc6c5-c5ccccc5C65CCCCC5)c4)c3)n2)cc1. The molecule has 2 saturated carbocycles. The van der Waals surface area contributed by atoms with Crippen LogP contribution >= 0.6 is 0 Å². The van der Waals surface area contributed by atoms with Crippen molar-refractivity contribution in [1.29, 1.82) is 0 Å². The lowest BCUT2D eigenvalue weighted by atomic mass is 9.68. The van der Waals surface area contributed by atoms with Crippen molar-refractivity contribution in [3.8, 4) is 135 Å². The molecule has 0 unspecified atom stereocenters. The second kappa shape index (κ2) is 25.3. The molecule has 0 aliphatic heterocycles. The average Bonchev–Trinajstić information content (AvgIpc) is 1.59. The quantitative estimate of drug-likeness (QED) is 0.137. The molecular formula is C92H72N4. The molecule has 18 rings (SSSR count). The normalized spacial score (nSPS) is 14.4. The number of rotatable bonds is 10. The van der Waals surface area contributed by atoms with Crippen LogP contribution in [0.3, 0.4) is 0 Å². The highest BCUT2D eigenvalue weighted by Crippen LogP contribution is 2.59. The third-order valence-electron chi connectivity index (χ3n) is 21.0. The lowest BCUT2D eigenvalue weighted by molar-refractivity contribution is 0.353. The van der Waals surface area contributed by atoms with E-state index in [-0.39, 0.29) is 10.8 Å². The van der Waals surface area contributed by atoms with E-state index in [1.54, 1.807) is 0 Å². The van der Waals surface area contributed by atoms with E-state index in [1.807, 2.05) is 24.3 Å². The first-order valence-electron chi connectivity index (χ1n) is 34.4. The van der Waals surface area contributed by atoms with Crippen molar-refractivity contribution in [3.63, 3.8) is 0 Å². The molecule has 4 aliphatic rings. The van der Waals surface area contributed by atoms with Crippen LogP contribution in [0.15, 0.2) is 315 Å². The molecule has 2 heterocycles. The van der Waals surface area contributed by atoms with Gasteiger partial charge in [-0.1, -0.05) is 324 Å². The summed E-state index contributed by atoms with van der Waals surface area (Å²) in [7, 11) is 0. The number of nitrogens with zero attached hydrogens (tertiary/aromatic N) is 4. The summed E-state index contributed by atoms with van der Waals surface area (Å²) in [6.07, 6.45) is 12.9. The first-order valence-corrected chi connectivity index (χ1v) is 34.4. The summed E-state index contributed by atoms with van der Waals surface area (Å²) < 4.78 is 0. The third-order valence-corrected chi connectivity index (χ3v) is 21.0. The van der Waals surface area contributed by atoms with Crippen LogP contribution in [0.5, 0.6) is 0 Å². The number of aromatic nitrogens is 4. The minimum atomic E-state index is 0.152. The first kappa shape index (κ1) is 58.6. The molecular weight excluding hydrogens is 1160 g/mol. The Morgan fingerprint density at radius 3 is 0.875 bits per heavy atom. The Hall–Kier alpha value is -11.2. The van der Waals surface area contributed by atoms with Gasteiger partial charge in [0.15, 0.2) is 11.6 Å². The third kappa shape index (κ3) is 10.8. The van der Waals surface area contributed by atoms with Gasteiger partial charge < -0.3 is 0 Å². The number of benzene rings is 12. The Balaban J connectivity index is 0.000000145. The zero-order valence-electron chi connectivity index (χ0n) is 53.9. The molecule has 4 heteroatoms. The fraction of sp³-hybridized carbons (Fsp3) is 0.130. The molecule has 96 heavy (non-hydrogen) atoms. The standard InChI is InChI=1S/2C46H36N2/c1-4-15-32(16-5-1)42-31-43(33-17-6-2-7-18-33)48-45(47-42)37-22-13-20-35(30-37)34-19-12-21-36(29-34)38-24-14-26-41-44(38)39-23-8-9-25-40(39)46(41)27-10-3-11-28-46;1-4-14-34(15-5-1)42-31-43(35-16-6-2-7-17-35)48-45(47-42)37-19-12-18-36(30-37)32-24-26-33(27-25-32)38-21-13-23-41-44(38)39-20-8-9-22-40(39)46(41)28-10-3-11-29-46/h1-2,4-9,12-26,29-31H,3,10-11,27-28H2;1-2,4-9,12-27,30-31H,3,10-11,28-29H2. The summed E-state index contributed by atoms with van der Waals surface area (Å²) in [5, 5.41) is 0.